The number of rotatable bonds is 7. The second-order valence-electron chi connectivity index (χ2n) is 3.80. The van der Waals surface area contributed by atoms with Crippen LogP contribution in [0.5, 0.6) is 0 Å². The summed E-state index contributed by atoms with van der Waals surface area (Å²) in [5.41, 5.74) is 0. The maximum absolute atomic E-state index is 11.3. The quantitative estimate of drug-likeness (QED) is 0.588. The lowest BCUT2D eigenvalue weighted by Crippen LogP contribution is -2.08. The van der Waals surface area contributed by atoms with E-state index in [1.807, 2.05) is 0 Å². The van der Waals surface area contributed by atoms with Crippen LogP contribution in [0, 0.1) is 5.92 Å². The van der Waals surface area contributed by atoms with Gasteiger partial charge in [0.15, 0.2) is 0 Å². The minimum atomic E-state index is 0.334. The van der Waals surface area contributed by atoms with Crippen LogP contribution < -0.4 is 0 Å². The van der Waals surface area contributed by atoms with E-state index in [0.717, 1.165) is 38.7 Å². The van der Waals surface area contributed by atoms with Crippen LogP contribution in [-0.2, 0) is 14.3 Å². The number of Topliss-reactive ketones (excluding diaryl/α,β-unsaturated/α-hetero) is 1. The topological polar surface area (TPSA) is 35.5 Å². The van der Waals surface area contributed by atoms with Crippen LogP contribution in [0.2, 0.25) is 0 Å². The predicted octanol–water partition coefficient (Wildman–Crippen LogP) is 1.80. The summed E-state index contributed by atoms with van der Waals surface area (Å²) in [5, 5.41) is 0. The highest BCUT2D eigenvalue weighted by atomic mass is 16.5. The zero-order valence-corrected chi connectivity index (χ0v) is 8.96. The van der Waals surface area contributed by atoms with Crippen LogP contribution in [-0.4, -0.2) is 32.7 Å². The molecule has 82 valence electrons. The molecular formula is C11H20O3. The Balaban J connectivity index is 1.90. The number of carbonyl (C=O) groups excluding carboxylic acids is 1. The van der Waals surface area contributed by atoms with E-state index in [4.69, 9.17) is 9.47 Å². The predicted molar refractivity (Wildman–Crippen MR) is 54.3 cm³/mol. The van der Waals surface area contributed by atoms with Crippen LogP contribution in [0.4, 0.5) is 0 Å². The maximum Gasteiger partial charge on any atom is 0.135 e. The van der Waals surface area contributed by atoms with Gasteiger partial charge in [0.1, 0.15) is 5.78 Å². The lowest BCUT2D eigenvalue weighted by atomic mass is 10.0. The van der Waals surface area contributed by atoms with E-state index in [0.29, 0.717) is 24.9 Å². The summed E-state index contributed by atoms with van der Waals surface area (Å²) < 4.78 is 10.2. The Morgan fingerprint density at radius 1 is 1.36 bits per heavy atom. The first-order chi connectivity index (χ1) is 6.84. The molecule has 1 rings (SSSR count). The van der Waals surface area contributed by atoms with Gasteiger partial charge in [0.05, 0.1) is 13.2 Å². The van der Waals surface area contributed by atoms with Crippen molar-refractivity contribution in [3.63, 3.8) is 0 Å². The van der Waals surface area contributed by atoms with Crippen molar-refractivity contribution < 1.29 is 14.3 Å². The summed E-state index contributed by atoms with van der Waals surface area (Å²) in [4.78, 5) is 11.3. The van der Waals surface area contributed by atoms with Crippen LogP contribution in [0.25, 0.3) is 0 Å². The van der Waals surface area contributed by atoms with E-state index in [-0.39, 0.29) is 0 Å². The van der Waals surface area contributed by atoms with Crippen molar-refractivity contribution in [3.8, 4) is 0 Å². The Labute approximate surface area is 85.8 Å². The number of carbonyl (C=O) groups is 1. The van der Waals surface area contributed by atoms with Gasteiger partial charge in [-0.2, -0.15) is 0 Å². The van der Waals surface area contributed by atoms with Gasteiger partial charge in [0.2, 0.25) is 0 Å². The van der Waals surface area contributed by atoms with Crippen molar-refractivity contribution >= 4 is 5.78 Å². The summed E-state index contributed by atoms with van der Waals surface area (Å²) >= 11 is 0. The van der Waals surface area contributed by atoms with E-state index < -0.39 is 0 Å². The molecule has 1 unspecified atom stereocenters. The van der Waals surface area contributed by atoms with Gasteiger partial charge in [-0.15, -0.1) is 0 Å². The smallest absolute Gasteiger partial charge is 0.135 e. The molecule has 0 spiro atoms. The van der Waals surface area contributed by atoms with Gasteiger partial charge in [-0.1, -0.05) is 0 Å². The minimum absolute atomic E-state index is 0.334. The lowest BCUT2D eigenvalue weighted by Gasteiger charge is -2.07. The number of ketones is 1. The summed E-state index contributed by atoms with van der Waals surface area (Å²) in [6, 6.07) is 0. The number of ether oxygens (including phenoxy) is 2. The molecular weight excluding hydrogens is 180 g/mol. The van der Waals surface area contributed by atoms with E-state index in [1.54, 1.807) is 7.11 Å². The molecule has 0 amide bonds. The molecule has 0 N–H and O–H groups in total. The zero-order valence-electron chi connectivity index (χ0n) is 8.96. The summed E-state index contributed by atoms with van der Waals surface area (Å²) in [6.07, 6.45) is 4.99. The average molecular weight is 200 g/mol. The molecule has 0 aromatic rings. The maximum atomic E-state index is 11.3. The van der Waals surface area contributed by atoms with Crippen molar-refractivity contribution in [2.45, 2.75) is 32.1 Å². The van der Waals surface area contributed by atoms with E-state index in [9.17, 15) is 4.79 Å². The third-order valence-electron chi connectivity index (χ3n) is 2.70. The second kappa shape index (κ2) is 6.96. The Morgan fingerprint density at radius 3 is 2.86 bits per heavy atom. The number of methoxy groups -OCH3 is 1. The average Bonchev–Trinajstić information content (AvgIpc) is 2.58. The monoisotopic (exact) mass is 200 g/mol. The fourth-order valence-corrected chi connectivity index (χ4v) is 1.87. The molecule has 1 fully saturated rings. The van der Waals surface area contributed by atoms with E-state index in [2.05, 4.69) is 0 Å². The van der Waals surface area contributed by atoms with Gasteiger partial charge >= 0.3 is 0 Å². The van der Waals surface area contributed by atoms with Crippen LogP contribution in [0.15, 0.2) is 0 Å². The molecule has 1 aliphatic rings. The molecule has 0 aromatic heterocycles. The highest BCUT2D eigenvalue weighted by molar-refractivity contribution is 5.82. The molecule has 1 atom stereocenters. The van der Waals surface area contributed by atoms with Gasteiger partial charge in [-0.3, -0.25) is 4.79 Å². The van der Waals surface area contributed by atoms with Crippen molar-refractivity contribution in [3.05, 3.63) is 0 Å². The van der Waals surface area contributed by atoms with E-state index in [1.165, 1.54) is 0 Å². The molecule has 3 nitrogen and oxygen atoms in total. The van der Waals surface area contributed by atoms with Crippen molar-refractivity contribution in [1.82, 2.24) is 0 Å². The molecule has 0 heterocycles. The fourth-order valence-electron chi connectivity index (χ4n) is 1.87. The normalized spacial score (nSPS) is 21.8. The first-order valence-electron chi connectivity index (χ1n) is 5.44. The first kappa shape index (κ1) is 11.7. The largest absolute Gasteiger partial charge is 0.382 e. The molecule has 0 bridgehead atoms. The molecule has 0 radical (unpaired) electrons. The third-order valence-corrected chi connectivity index (χ3v) is 2.70. The molecule has 1 aliphatic carbocycles. The van der Waals surface area contributed by atoms with Crippen LogP contribution in [0.1, 0.15) is 32.1 Å². The molecule has 0 saturated heterocycles. The van der Waals surface area contributed by atoms with Gasteiger partial charge in [0, 0.05) is 26.1 Å². The lowest BCUT2D eigenvalue weighted by molar-refractivity contribution is -0.120. The Kier molecular flexibility index (Phi) is 5.80. The molecule has 0 aliphatic heterocycles. The van der Waals surface area contributed by atoms with E-state index >= 15 is 0 Å². The SMILES string of the molecule is COCCOCCCC1CCCC1=O. The van der Waals surface area contributed by atoms with Crippen molar-refractivity contribution in [2.75, 3.05) is 26.9 Å². The zero-order chi connectivity index (χ0) is 10.2. The second-order valence-corrected chi connectivity index (χ2v) is 3.80. The van der Waals surface area contributed by atoms with Gasteiger partial charge < -0.3 is 9.47 Å². The van der Waals surface area contributed by atoms with Crippen LogP contribution >= 0.6 is 0 Å². The molecule has 0 aromatic carbocycles. The van der Waals surface area contributed by atoms with Gasteiger partial charge in [0.25, 0.3) is 0 Å². The number of hydrogen-bond donors (Lipinski definition) is 0. The standard InChI is InChI=1S/C11H20O3/c1-13-8-9-14-7-3-5-10-4-2-6-11(10)12/h10H,2-9H2,1H3. The summed E-state index contributed by atoms with van der Waals surface area (Å²) in [7, 11) is 1.67. The summed E-state index contributed by atoms with van der Waals surface area (Å²) in [5.74, 6) is 0.794. The Bertz CT molecular complexity index is 168. The Morgan fingerprint density at radius 2 is 2.21 bits per heavy atom. The first-order valence-corrected chi connectivity index (χ1v) is 5.44. The minimum Gasteiger partial charge on any atom is -0.382 e. The highest BCUT2D eigenvalue weighted by Crippen LogP contribution is 2.25. The fraction of sp³-hybridized carbons (Fsp3) is 0.909. The number of hydrogen-bond acceptors (Lipinski definition) is 3. The van der Waals surface area contributed by atoms with Crippen molar-refractivity contribution in [1.29, 1.82) is 0 Å². The molecule has 14 heavy (non-hydrogen) atoms. The summed E-state index contributed by atoms with van der Waals surface area (Å²) in [6.45, 7) is 2.07. The highest BCUT2D eigenvalue weighted by Gasteiger charge is 2.23. The Hall–Kier alpha value is -0.410. The van der Waals surface area contributed by atoms with Crippen LogP contribution in [0.3, 0.4) is 0 Å². The van der Waals surface area contributed by atoms with Crippen molar-refractivity contribution in [2.24, 2.45) is 5.92 Å². The third kappa shape index (κ3) is 4.20. The molecule has 3 heteroatoms. The van der Waals surface area contributed by atoms with Gasteiger partial charge in [-0.05, 0) is 25.7 Å². The van der Waals surface area contributed by atoms with Gasteiger partial charge in [-0.25, -0.2) is 0 Å². The molecule has 1 saturated carbocycles.